The Labute approximate surface area is 126 Å². The monoisotopic (exact) mass is 308 g/mol. The van der Waals surface area contributed by atoms with Crippen LogP contribution in [0.15, 0.2) is 30.3 Å². The van der Waals surface area contributed by atoms with Gasteiger partial charge in [-0.1, -0.05) is 12.2 Å². The summed E-state index contributed by atoms with van der Waals surface area (Å²) >= 11 is 4.66. The van der Waals surface area contributed by atoms with Gasteiger partial charge in [-0.2, -0.15) is 0 Å². The van der Waals surface area contributed by atoms with E-state index in [1.54, 1.807) is 25.3 Å². The third-order valence-electron chi connectivity index (χ3n) is 3.02. The average Bonchev–Trinajstić information content (AvgIpc) is 2.44. The van der Waals surface area contributed by atoms with Gasteiger partial charge in [-0.3, -0.25) is 0 Å². The summed E-state index contributed by atoms with van der Waals surface area (Å²) in [6.45, 7) is 1.86. The normalized spacial score (nSPS) is 10.3. The number of benzene rings is 2. The lowest BCUT2D eigenvalue weighted by Gasteiger charge is -2.12. The predicted molar refractivity (Wildman–Crippen MR) is 83.3 cm³/mol. The second-order valence-electron chi connectivity index (χ2n) is 4.46. The van der Waals surface area contributed by atoms with Crippen LogP contribution >= 0.6 is 12.2 Å². The maximum atomic E-state index is 14.0. The Morgan fingerprint density at radius 1 is 1.19 bits per heavy atom. The first-order valence-electron chi connectivity index (χ1n) is 6.13. The molecule has 2 rings (SSSR count). The SMILES string of the molecule is COc1ccc(Nc2ccc(C(N)=S)c(F)c2F)cc1C. The van der Waals surface area contributed by atoms with E-state index in [9.17, 15) is 8.78 Å². The van der Waals surface area contributed by atoms with Crippen LogP contribution in [-0.4, -0.2) is 12.1 Å². The van der Waals surface area contributed by atoms with Crippen LogP contribution in [0.2, 0.25) is 0 Å². The predicted octanol–water partition coefficient (Wildman–Crippen LogP) is 3.66. The number of ether oxygens (including phenoxy) is 1. The molecule has 0 radical (unpaired) electrons. The number of aryl methyl sites for hydroxylation is 1. The van der Waals surface area contributed by atoms with E-state index < -0.39 is 11.6 Å². The van der Waals surface area contributed by atoms with E-state index >= 15 is 0 Å². The molecule has 0 bridgehead atoms. The molecule has 3 nitrogen and oxygen atoms in total. The van der Waals surface area contributed by atoms with Crippen LogP contribution in [-0.2, 0) is 0 Å². The van der Waals surface area contributed by atoms with E-state index in [0.717, 1.165) is 11.3 Å². The second kappa shape index (κ2) is 6.05. The lowest BCUT2D eigenvalue weighted by molar-refractivity contribution is 0.412. The summed E-state index contributed by atoms with van der Waals surface area (Å²) < 4.78 is 32.9. The molecule has 3 N–H and O–H groups in total. The zero-order chi connectivity index (χ0) is 15.6. The van der Waals surface area contributed by atoms with Gasteiger partial charge in [-0.05, 0) is 42.8 Å². The molecule has 0 spiro atoms. The summed E-state index contributed by atoms with van der Waals surface area (Å²) in [4.78, 5) is -0.182. The Morgan fingerprint density at radius 2 is 1.90 bits per heavy atom. The molecule has 0 saturated heterocycles. The maximum Gasteiger partial charge on any atom is 0.182 e. The van der Waals surface area contributed by atoms with Gasteiger partial charge in [0.1, 0.15) is 10.7 Å². The highest BCUT2D eigenvalue weighted by atomic mass is 32.1. The van der Waals surface area contributed by atoms with Crippen molar-refractivity contribution in [2.24, 2.45) is 5.73 Å². The quantitative estimate of drug-likeness (QED) is 0.846. The van der Waals surface area contributed by atoms with E-state index in [1.165, 1.54) is 12.1 Å². The zero-order valence-electron chi connectivity index (χ0n) is 11.5. The Balaban J connectivity index is 2.34. The van der Waals surface area contributed by atoms with Crippen LogP contribution < -0.4 is 15.8 Å². The van der Waals surface area contributed by atoms with Gasteiger partial charge in [0, 0.05) is 11.3 Å². The number of methoxy groups -OCH3 is 1. The molecule has 0 saturated carbocycles. The van der Waals surface area contributed by atoms with Gasteiger partial charge >= 0.3 is 0 Å². The average molecular weight is 308 g/mol. The van der Waals surface area contributed by atoms with Gasteiger partial charge in [-0.25, -0.2) is 8.78 Å². The standard InChI is InChI=1S/C15H14F2N2OS/c1-8-7-9(3-6-12(8)20-2)19-11-5-4-10(15(18)21)13(16)14(11)17/h3-7,19H,1-2H3,(H2,18,21). The highest BCUT2D eigenvalue weighted by Gasteiger charge is 2.15. The molecule has 2 aromatic carbocycles. The van der Waals surface area contributed by atoms with E-state index in [4.69, 9.17) is 10.5 Å². The number of nitrogens with one attached hydrogen (secondary N) is 1. The molecular weight excluding hydrogens is 294 g/mol. The van der Waals surface area contributed by atoms with Crippen LogP contribution in [0, 0.1) is 18.6 Å². The lowest BCUT2D eigenvalue weighted by atomic mass is 10.1. The van der Waals surface area contributed by atoms with Crippen molar-refractivity contribution in [2.45, 2.75) is 6.92 Å². The van der Waals surface area contributed by atoms with Gasteiger partial charge in [0.25, 0.3) is 0 Å². The molecule has 0 heterocycles. The van der Waals surface area contributed by atoms with Crippen LogP contribution in [0.25, 0.3) is 0 Å². The number of hydrogen-bond donors (Lipinski definition) is 2. The molecule has 6 heteroatoms. The van der Waals surface area contributed by atoms with Gasteiger partial charge < -0.3 is 15.8 Å². The maximum absolute atomic E-state index is 14.0. The Hall–Kier alpha value is -2.21. The smallest absolute Gasteiger partial charge is 0.182 e. The summed E-state index contributed by atoms with van der Waals surface area (Å²) in [5.41, 5.74) is 6.73. The summed E-state index contributed by atoms with van der Waals surface area (Å²) in [7, 11) is 1.57. The molecule has 0 aromatic heterocycles. The van der Waals surface area contributed by atoms with Crippen LogP contribution in [0.4, 0.5) is 20.2 Å². The van der Waals surface area contributed by atoms with E-state index in [2.05, 4.69) is 17.5 Å². The third-order valence-corrected chi connectivity index (χ3v) is 3.24. The van der Waals surface area contributed by atoms with Crippen molar-refractivity contribution in [2.75, 3.05) is 12.4 Å². The first-order chi connectivity index (χ1) is 9.93. The molecule has 21 heavy (non-hydrogen) atoms. The Kier molecular flexibility index (Phi) is 4.37. The fourth-order valence-corrected chi connectivity index (χ4v) is 2.11. The van der Waals surface area contributed by atoms with Gasteiger partial charge in [0.2, 0.25) is 0 Å². The largest absolute Gasteiger partial charge is 0.496 e. The van der Waals surface area contributed by atoms with Crippen LogP contribution in [0.1, 0.15) is 11.1 Å². The van der Waals surface area contributed by atoms with E-state index in [1.807, 2.05) is 6.92 Å². The molecule has 0 amide bonds. The first kappa shape index (κ1) is 15.2. The fourth-order valence-electron chi connectivity index (χ4n) is 1.95. The summed E-state index contributed by atoms with van der Waals surface area (Å²) in [6, 6.07) is 7.98. The first-order valence-corrected chi connectivity index (χ1v) is 6.54. The molecule has 0 aliphatic rings. The van der Waals surface area contributed by atoms with Crippen molar-refractivity contribution in [3.63, 3.8) is 0 Å². The molecule has 0 atom stereocenters. The fraction of sp³-hybridized carbons (Fsp3) is 0.133. The summed E-state index contributed by atoms with van der Waals surface area (Å²) in [6.07, 6.45) is 0. The number of nitrogens with two attached hydrogens (primary N) is 1. The van der Waals surface area contributed by atoms with Gasteiger partial charge in [-0.15, -0.1) is 0 Å². The van der Waals surface area contributed by atoms with Gasteiger partial charge in [0.15, 0.2) is 11.6 Å². The molecule has 0 aliphatic heterocycles. The van der Waals surface area contributed by atoms with Crippen molar-refractivity contribution in [3.05, 3.63) is 53.1 Å². The highest BCUT2D eigenvalue weighted by Crippen LogP contribution is 2.27. The van der Waals surface area contributed by atoms with E-state index in [-0.39, 0.29) is 16.2 Å². The van der Waals surface area contributed by atoms with Crippen LogP contribution in [0.5, 0.6) is 5.75 Å². The number of hydrogen-bond acceptors (Lipinski definition) is 3. The summed E-state index contributed by atoms with van der Waals surface area (Å²) in [5.74, 6) is -1.36. The van der Waals surface area contributed by atoms with Crippen molar-refractivity contribution in [1.29, 1.82) is 0 Å². The van der Waals surface area contributed by atoms with Crippen molar-refractivity contribution in [1.82, 2.24) is 0 Å². The molecule has 0 unspecified atom stereocenters. The van der Waals surface area contributed by atoms with E-state index in [0.29, 0.717) is 5.69 Å². The Morgan fingerprint density at radius 3 is 2.48 bits per heavy atom. The zero-order valence-corrected chi connectivity index (χ0v) is 12.4. The minimum Gasteiger partial charge on any atom is -0.496 e. The molecule has 2 aromatic rings. The molecule has 0 fully saturated rings. The minimum atomic E-state index is -1.06. The third kappa shape index (κ3) is 3.11. The number of thiocarbonyl (C=S) groups is 1. The molecule has 0 aliphatic carbocycles. The minimum absolute atomic E-state index is 0.0112. The number of anilines is 2. The van der Waals surface area contributed by atoms with Crippen molar-refractivity contribution >= 4 is 28.6 Å². The van der Waals surface area contributed by atoms with Crippen LogP contribution in [0.3, 0.4) is 0 Å². The lowest BCUT2D eigenvalue weighted by Crippen LogP contribution is -2.13. The Bertz CT molecular complexity index is 704. The second-order valence-corrected chi connectivity index (χ2v) is 4.90. The van der Waals surface area contributed by atoms with Crippen molar-refractivity contribution in [3.8, 4) is 5.75 Å². The summed E-state index contributed by atoms with van der Waals surface area (Å²) in [5, 5.41) is 2.82. The van der Waals surface area contributed by atoms with Crippen molar-refractivity contribution < 1.29 is 13.5 Å². The topological polar surface area (TPSA) is 47.3 Å². The number of rotatable bonds is 4. The number of halogens is 2. The molecular formula is C15H14F2N2OS. The highest BCUT2D eigenvalue weighted by molar-refractivity contribution is 7.80. The van der Waals surface area contributed by atoms with Gasteiger partial charge in [0.05, 0.1) is 12.8 Å². The molecule has 110 valence electrons.